The van der Waals surface area contributed by atoms with Gasteiger partial charge in [0.05, 0.1) is 24.6 Å². The third-order valence-corrected chi connectivity index (χ3v) is 6.94. The van der Waals surface area contributed by atoms with Crippen molar-refractivity contribution >= 4 is 16.9 Å². The van der Waals surface area contributed by atoms with Gasteiger partial charge in [0.1, 0.15) is 5.75 Å². The Hall–Kier alpha value is -3.03. The summed E-state index contributed by atoms with van der Waals surface area (Å²) in [6.07, 6.45) is 6.72. The molecule has 0 unspecified atom stereocenters. The van der Waals surface area contributed by atoms with Crippen molar-refractivity contribution in [2.24, 2.45) is 11.8 Å². The molecule has 1 saturated heterocycles. The molecule has 7 nitrogen and oxygen atoms in total. The first kappa shape index (κ1) is 24.1. The summed E-state index contributed by atoms with van der Waals surface area (Å²) in [5.74, 6) is -0.379. The van der Waals surface area contributed by atoms with Gasteiger partial charge in [-0.2, -0.15) is 0 Å². The van der Waals surface area contributed by atoms with E-state index in [1.165, 1.54) is 0 Å². The lowest BCUT2D eigenvalue weighted by Crippen LogP contribution is -2.44. The number of aliphatic hydroxyl groups excluding tert-OH is 1. The lowest BCUT2D eigenvalue weighted by Gasteiger charge is -2.37. The first-order valence-electron chi connectivity index (χ1n) is 12.0. The van der Waals surface area contributed by atoms with Gasteiger partial charge in [0.2, 0.25) is 0 Å². The highest BCUT2D eigenvalue weighted by Crippen LogP contribution is 2.33. The van der Waals surface area contributed by atoms with Crippen molar-refractivity contribution < 1.29 is 19.7 Å². The van der Waals surface area contributed by atoms with Crippen molar-refractivity contribution in [2.45, 2.75) is 38.2 Å². The van der Waals surface area contributed by atoms with Gasteiger partial charge in [-0.25, -0.2) is 0 Å². The number of carbonyl (C=O) groups is 1. The van der Waals surface area contributed by atoms with E-state index in [9.17, 15) is 15.0 Å². The lowest BCUT2D eigenvalue weighted by molar-refractivity contribution is -0.146. The summed E-state index contributed by atoms with van der Waals surface area (Å²) < 4.78 is 5.33. The second-order valence-electron chi connectivity index (χ2n) is 9.10. The minimum atomic E-state index is -0.743. The average Bonchev–Trinajstić information content (AvgIpc) is 2.87. The molecule has 0 saturated carbocycles. The molecule has 0 spiro atoms. The molecule has 0 bridgehead atoms. The van der Waals surface area contributed by atoms with Gasteiger partial charge in [-0.3, -0.25) is 14.8 Å². The Morgan fingerprint density at radius 1 is 1.21 bits per heavy atom. The van der Waals surface area contributed by atoms with Crippen LogP contribution in [0.25, 0.3) is 10.9 Å². The van der Waals surface area contributed by atoms with Gasteiger partial charge in [0.25, 0.3) is 0 Å². The van der Waals surface area contributed by atoms with E-state index in [4.69, 9.17) is 4.74 Å². The summed E-state index contributed by atoms with van der Waals surface area (Å²) in [6, 6.07) is 13.4. The topological polar surface area (TPSA) is 95.8 Å². The number of aliphatic hydroxyl groups is 1. The third-order valence-electron chi connectivity index (χ3n) is 6.94. The van der Waals surface area contributed by atoms with Crippen LogP contribution in [0.4, 0.5) is 0 Å². The molecule has 180 valence electrons. The first-order chi connectivity index (χ1) is 16.5. The van der Waals surface area contributed by atoms with Crippen LogP contribution in [-0.4, -0.2) is 57.8 Å². The van der Waals surface area contributed by atoms with E-state index in [1.807, 2.05) is 42.5 Å². The summed E-state index contributed by atoms with van der Waals surface area (Å²) in [4.78, 5) is 23.1. The van der Waals surface area contributed by atoms with E-state index in [1.54, 1.807) is 19.5 Å². The molecule has 7 heteroatoms. The number of benzene rings is 1. The van der Waals surface area contributed by atoms with E-state index in [-0.39, 0.29) is 5.92 Å². The molecule has 4 rings (SSSR count). The second kappa shape index (κ2) is 11.4. The van der Waals surface area contributed by atoms with Gasteiger partial charge >= 0.3 is 5.97 Å². The van der Waals surface area contributed by atoms with E-state index < -0.39 is 18.0 Å². The molecule has 2 N–H and O–H groups in total. The summed E-state index contributed by atoms with van der Waals surface area (Å²) in [7, 11) is 1.62. The number of rotatable bonds is 10. The zero-order valence-corrected chi connectivity index (χ0v) is 19.6. The van der Waals surface area contributed by atoms with Gasteiger partial charge < -0.3 is 19.8 Å². The Labute approximate surface area is 200 Å². The van der Waals surface area contributed by atoms with Gasteiger partial charge in [0, 0.05) is 30.0 Å². The SMILES string of the molecule is COc1ccc2nccc([C@H](O)CC[C@@H]3CCN(CCCc4ccccn4)C[C@@H]3C(=O)O)c2c1. The third kappa shape index (κ3) is 5.90. The van der Waals surface area contributed by atoms with Crippen molar-refractivity contribution in [3.05, 3.63) is 66.1 Å². The molecule has 1 aliphatic rings. The van der Waals surface area contributed by atoms with Gasteiger partial charge in [0.15, 0.2) is 0 Å². The van der Waals surface area contributed by atoms with Gasteiger partial charge in [-0.15, -0.1) is 0 Å². The number of hydrogen-bond acceptors (Lipinski definition) is 6. The number of likely N-dealkylation sites (tertiary alicyclic amines) is 1. The Balaban J connectivity index is 1.34. The number of aromatic nitrogens is 2. The quantitative estimate of drug-likeness (QED) is 0.467. The highest BCUT2D eigenvalue weighted by atomic mass is 16.5. The average molecular weight is 464 g/mol. The van der Waals surface area contributed by atoms with Crippen LogP contribution >= 0.6 is 0 Å². The predicted molar refractivity (Wildman–Crippen MR) is 131 cm³/mol. The molecule has 2 aromatic heterocycles. The molecular formula is C27H33N3O4. The van der Waals surface area contributed by atoms with Crippen LogP contribution in [-0.2, 0) is 11.2 Å². The molecule has 34 heavy (non-hydrogen) atoms. The van der Waals surface area contributed by atoms with Crippen LogP contribution in [0.1, 0.15) is 43.0 Å². The Bertz CT molecular complexity index is 1090. The van der Waals surface area contributed by atoms with Crippen LogP contribution in [0, 0.1) is 11.8 Å². The molecule has 3 heterocycles. The second-order valence-corrected chi connectivity index (χ2v) is 9.10. The van der Waals surface area contributed by atoms with Crippen molar-refractivity contribution in [2.75, 3.05) is 26.7 Å². The maximum atomic E-state index is 12.0. The van der Waals surface area contributed by atoms with Gasteiger partial charge in [-0.05, 0) is 93.1 Å². The van der Waals surface area contributed by atoms with Crippen LogP contribution in [0.5, 0.6) is 5.75 Å². The number of nitrogens with zero attached hydrogens (tertiary/aromatic N) is 3. The summed E-state index contributed by atoms with van der Waals surface area (Å²) in [5, 5.41) is 21.7. The maximum Gasteiger partial charge on any atom is 0.308 e. The highest BCUT2D eigenvalue weighted by Gasteiger charge is 2.34. The highest BCUT2D eigenvalue weighted by molar-refractivity contribution is 5.83. The van der Waals surface area contributed by atoms with Crippen LogP contribution in [0.3, 0.4) is 0 Å². The number of aliphatic carboxylic acids is 1. The Morgan fingerprint density at radius 2 is 2.09 bits per heavy atom. The van der Waals surface area contributed by atoms with Crippen molar-refractivity contribution in [3.8, 4) is 5.75 Å². The fourth-order valence-corrected chi connectivity index (χ4v) is 5.02. The van der Waals surface area contributed by atoms with E-state index in [2.05, 4.69) is 14.9 Å². The molecule has 1 aromatic carbocycles. The summed E-state index contributed by atoms with van der Waals surface area (Å²) in [5.41, 5.74) is 2.69. The Kier molecular flexibility index (Phi) is 8.08. The normalized spacial score (nSPS) is 19.7. The number of pyridine rings is 2. The van der Waals surface area contributed by atoms with E-state index in [0.717, 1.165) is 60.3 Å². The number of ether oxygens (including phenoxy) is 1. The number of methoxy groups -OCH3 is 1. The van der Waals surface area contributed by atoms with E-state index >= 15 is 0 Å². The van der Waals surface area contributed by atoms with Crippen molar-refractivity contribution in [1.82, 2.24) is 14.9 Å². The Morgan fingerprint density at radius 3 is 2.85 bits per heavy atom. The largest absolute Gasteiger partial charge is 0.497 e. The summed E-state index contributed by atoms with van der Waals surface area (Å²) in [6.45, 7) is 2.33. The van der Waals surface area contributed by atoms with Crippen molar-refractivity contribution in [1.29, 1.82) is 0 Å². The van der Waals surface area contributed by atoms with Crippen LogP contribution in [0.15, 0.2) is 54.9 Å². The molecule has 1 aliphatic heterocycles. The summed E-state index contributed by atoms with van der Waals surface area (Å²) >= 11 is 0. The number of hydrogen-bond donors (Lipinski definition) is 2. The number of carboxylic acids is 1. The minimum Gasteiger partial charge on any atom is -0.497 e. The first-order valence-corrected chi connectivity index (χ1v) is 12.0. The zero-order valence-electron chi connectivity index (χ0n) is 19.6. The molecule has 1 fully saturated rings. The standard InChI is InChI=1S/C27H33N3O4/c1-34-21-8-9-25-23(17-21)22(11-14-29-25)26(31)10-7-19-12-16-30(18-24(19)27(32)33)15-4-6-20-5-2-3-13-28-20/h2-3,5,8-9,11,13-14,17,19,24,26,31H,4,6-7,10,12,15-16,18H2,1H3,(H,32,33)/t19-,24+,26-/m1/s1. The molecule has 0 amide bonds. The molecule has 0 radical (unpaired) electrons. The maximum absolute atomic E-state index is 12.0. The lowest BCUT2D eigenvalue weighted by atomic mass is 9.81. The van der Waals surface area contributed by atoms with Crippen LogP contribution < -0.4 is 4.74 Å². The molecule has 0 aliphatic carbocycles. The molecule has 3 aromatic rings. The van der Waals surface area contributed by atoms with Crippen molar-refractivity contribution in [3.63, 3.8) is 0 Å². The molecular weight excluding hydrogens is 430 g/mol. The van der Waals surface area contributed by atoms with E-state index in [0.29, 0.717) is 19.4 Å². The fraction of sp³-hybridized carbons (Fsp3) is 0.444. The predicted octanol–water partition coefficient (Wildman–Crippen LogP) is 4.11. The zero-order chi connectivity index (χ0) is 23.9. The number of carboxylic acid groups (broad SMARTS) is 1. The smallest absolute Gasteiger partial charge is 0.308 e. The number of aryl methyl sites for hydroxylation is 1. The minimum absolute atomic E-state index is 0.0572. The monoisotopic (exact) mass is 463 g/mol. The number of fused-ring (bicyclic) bond motifs is 1. The molecule has 3 atom stereocenters. The van der Waals surface area contributed by atoms with Crippen LogP contribution in [0.2, 0.25) is 0 Å². The van der Waals surface area contributed by atoms with Gasteiger partial charge in [-0.1, -0.05) is 6.07 Å². The fourth-order valence-electron chi connectivity index (χ4n) is 5.02. The number of piperidine rings is 1.